The molecule has 0 aliphatic heterocycles. The maximum absolute atomic E-state index is 12.7. The fourth-order valence-electron chi connectivity index (χ4n) is 4.39. The number of aryl methyl sites for hydroxylation is 1. The van der Waals surface area contributed by atoms with Crippen LogP contribution in [0.15, 0.2) is 43.0 Å². The number of ketones is 1. The van der Waals surface area contributed by atoms with E-state index < -0.39 is 0 Å². The second-order valence-corrected chi connectivity index (χ2v) is 7.50. The lowest BCUT2D eigenvalue weighted by atomic mass is 9.71. The third-order valence-electron chi connectivity index (χ3n) is 5.70. The van der Waals surface area contributed by atoms with Crippen LogP contribution in [0.4, 0.5) is 0 Å². The number of hydrogen-bond acceptors (Lipinski definition) is 1. The minimum Gasteiger partial charge on any atom is -0.299 e. The van der Waals surface area contributed by atoms with E-state index in [1.165, 1.54) is 31.2 Å². The summed E-state index contributed by atoms with van der Waals surface area (Å²) in [5.74, 6) is 2.32. The Balaban J connectivity index is 1.79. The molecule has 1 aliphatic rings. The first-order valence-electron chi connectivity index (χ1n) is 9.92. The summed E-state index contributed by atoms with van der Waals surface area (Å²) in [6.45, 7) is 6.20. The van der Waals surface area contributed by atoms with Crippen molar-refractivity contribution in [3.63, 3.8) is 0 Å². The van der Waals surface area contributed by atoms with Crippen molar-refractivity contribution < 1.29 is 4.79 Å². The molecule has 132 valence electrons. The zero-order valence-corrected chi connectivity index (χ0v) is 15.4. The molecule has 1 heteroatoms. The van der Waals surface area contributed by atoms with Crippen LogP contribution in [0.1, 0.15) is 70.3 Å². The number of hydrogen-bond donors (Lipinski definition) is 0. The van der Waals surface area contributed by atoms with Crippen molar-refractivity contribution in [2.75, 3.05) is 0 Å². The van der Waals surface area contributed by atoms with Gasteiger partial charge in [-0.05, 0) is 49.5 Å². The van der Waals surface area contributed by atoms with Gasteiger partial charge in [-0.1, -0.05) is 69.0 Å². The van der Waals surface area contributed by atoms with Crippen LogP contribution in [0.25, 0.3) is 0 Å². The lowest BCUT2D eigenvalue weighted by Crippen LogP contribution is -2.27. The van der Waals surface area contributed by atoms with E-state index in [9.17, 15) is 4.79 Å². The van der Waals surface area contributed by atoms with E-state index in [1.54, 1.807) is 0 Å². The summed E-state index contributed by atoms with van der Waals surface area (Å²) in [6.07, 6.45) is 13.3. The lowest BCUT2D eigenvalue weighted by molar-refractivity contribution is -0.124. The first kappa shape index (κ1) is 19.0. The summed E-state index contributed by atoms with van der Waals surface area (Å²) in [7, 11) is 0. The molecule has 1 aliphatic carbocycles. The molecule has 3 unspecified atom stereocenters. The van der Waals surface area contributed by atoms with Crippen LogP contribution in [0.3, 0.4) is 0 Å². The highest BCUT2D eigenvalue weighted by molar-refractivity contribution is 5.81. The standard InChI is InChI=1S/C23H34O/c1-3-10-20(11-4-2)21-15-9-16-22(18-21)23(24)17-8-14-19-12-6-5-7-13-19/h3,5-7,12-13,20-22H,1,4,8-11,14-18H2,2H3. The quantitative estimate of drug-likeness (QED) is 0.456. The number of benzene rings is 1. The maximum Gasteiger partial charge on any atom is 0.135 e. The van der Waals surface area contributed by atoms with Crippen LogP contribution in [-0.4, -0.2) is 5.78 Å². The lowest BCUT2D eigenvalue weighted by Gasteiger charge is -2.33. The van der Waals surface area contributed by atoms with Gasteiger partial charge in [-0.2, -0.15) is 0 Å². The van der Waals surface area contributed by atoms with Gasteiger partial charge in [0.25, 0.3) is 0 Å². The van der Waals surface area contributed by atoms with E-state index >= 15 is 0 Å². The molecule has 0 aromatic heterocycles. The fraction of sp³-hybridized carbons (Fsp3) is 0.609. The van der Waals surface area contributed by atoms with E-state index in [-0.39, 0.29) is 0 Å². The van der Waals surface area contributed by atoms with Gasteiger partial charge >= 0.3 is 0 Å². The Hall–Kier alpha value is -1.37. The van der Waals surface area contributed by atoms with Crippen molar-refractivity contribution in [3.8, 4) is 0 Å². The number of allylic oxidation sites excluding steroid dienone is 1. The van der Waals surface area contributed by atoms with E-state index in [4.69, 9.17) is 0 Å². The summed E-state index contributed by atoms with van der Waals surface area (Å²) in [6, 6.07) is 10.5. The normalized spacial score (nSPS) is 22.0. The highest BCUT2D eigenvalue weighted by atomic mass is 16.1. The number of carbonyl (C=O) groups excluding carboxylic acids is 1. The van der Waals surface area contributed by atoms with E-state index in [0.29, 0.717) is 11.7 Å². The van der Waals surface area contributed by atoms with E-state index in [0.717, 1.165) is 50.4 Å². The van der Waals surface area contributed by atoms with E-state index in [2.05, 4.69) is 43.8 Å². The molecule has 1 aromatic rings. The van der Waals surface area contributed by atoms with Crippen LogP contribution < -0.4 is 0 Å². The van der Waals surface area contributed by atoms with Gasteiger partial charge in [0.2, 0.25) is 0 Å². The van der Waals surface area contributed by atoms with Gasteiger partial charge in [-0.15, -0.1) is 6.58 Å². The first-order chi connectivity index (χ1) is 11.7. The molecule has 1 aromatic carbocycles. The molecule has 0 spiro atoms. The van der Waals surface area contributed by atoms with Gasteiger partial charge in [0.1, 0.15) is 5.78 Å². The average Bonchev–Trinajstić information content (AvgIpc) is 2.62. The Morgan fingerprint density at radius 2 is 2.08 bits per heavy atom. The molecule has 0 radical (unpaired) electrons. The van der Waals surface area contributed by atoms with Crippen LogP contribution in [0.5, 0.6) is 0 Å². The number of rotatable bonds is 10. The molecule has 0 saturated heterocycles. The van der Waals surface area contributed by atoms with Gasteiger partial charge in [0.05, 0.1) is 0 Å². The van der Waals surface area contributed by atoms with Crippen molar-refractivity contribution in [1.82, 2.24) is 0 Å². The molecule has 0 heterocycles. The fourth-order valence-corrected chi connectivity index (χ4v) is 4.39. The Morgan fingerprint density at radius 3 is 2.79 bits per heavy atom. The van der Waals surface area contributed by atoms with Gasteiger partial charge in [0.15, 0.2) is 0 Å². The summed E-state index contributed by atoms with van der Waals surface area (Å²) in [4.78, 5) is 12.7. The number of Topliss-reactive ketones (excluding diaryl/α,β-unsaturated/α-hetero) is 1. The summed E-state index contributed by atoms with van der Waals surface area (Å²) < 4.78 is 0. The van der Waals surface area contributed by atoms with Crippen LogP contribution >= 0.6 is 0 Å². The molecule has 0 amide bonds. The van der Waals surface area contributed by atoms with Crippen LogP contribution in [0.2, 0.25) is 0 Å². The maximum atomic E-state index is 12.7. The SMILES string of the molecule is C=CCC(CCC)C1CCCC(C(=O)CCCc2ccccc2)C1. The second-order valence-electron chi connectivity index (χ2n) is 7.50. The van der Waals surface area contributed by atoms with Crippen molar-refractivity contribution >= 4 is 5.78 Å². The Kier molecular flexibility index (Phi) is 8.28. The van der Waals surface area contributed by atoms with Gasteiger partial charge in [0, 0.05) is 12.3 Å². The highest BCUT2D eigenvalue weighted by Gasteiger charge is 2.30. The molecular weight excluding hydrogens is 292 g/mol. The molecular formula is C23H34O. The topological polar surface area (TPSA) is 17.1 Å². The van der Waals surface area contributed by atoms with Crippen molar-refractivity contribution in [2.24, 2.45) is 17.8 Å². The Morgan fingerprint density at radius 1 is 1.29 bits per heavy atom. The monoisotopic (exact) mass is 326 g/mol. The molecule has 24 heavy (non-hydrogen) atoms. The zero-order chi connectivity index (χ0) is 17.2. The minimum atomic E-state index is 0.323. The predicted molar refractivity (Wildman–Crippen MR) is 103 cm³/mol. The van der Waals surface area contributed by atoms with Crippen molar-refractivity contribution in [2.45, 2.75) is 71.1 Å². The predicted octanol–water partition coefficient (Wildman–Crippen LogP) is 6.38. The summed E-state index contributed by atoms with van der Waals surface area (Å²) in [5, 5.41) is 0. The van der Waals surface area contributed by atoms with Crippen molar-refractivity contribution in [1.29, 1.82) is 0 Å². The zero-order valence-electron chi connectivity index (χ0n) is 15.4. The van der Waals surface area contributed by atoms with Gasteiger partial charge in [-0.3, -0.25) is 4.79 Å². The third kappa shape index (κ3) is 5.92. The first-order valence-corrected chi connectivity index (χ1v) is 9.92. The van der Waals surface area contributed by atoms with E-state index in [1.807, 2.05) is 6.07 Å². The molecule has 0 N–H and O–H groups in total. The average molecular weight is 327 g/mol. The highest BCUT2D eigenvalue weighted by Crippen LogP contribution is 2.38. The third-order valence-corrected chi connectivity index (χ3v) is 5.70. The molecule has 0 bridgehead atoms. The molecule has 1 saturated carbocycles. The van der Waals surface area contributed by atoms with Gasteiger partial charge < -0.3 is 0 Å². The molecule has 3 atom stereocenters. The Bertz CT molecular complexity index is 490. The smallest absolute Gasteiger partial charge is 0.135 e. The van der Waals surface area contributed by atoms with Crippen molar-refractivity contribution in [3.05, 3.63) is 48.6 Å². The number of carbonyl (C=O) groups is 1. The second kappa shape index (κ2) is 10.5. The molecule has 2 rings (SSSR count). The minimum absolute atomic E-state index is 0.323. The molecule has 1 fully saturated rings. The van der Waals surface area contributed by atoms with Gasteiger partial charge in [-0.25, -0.2) is 0 Å². The summed E-state index contributed by atoms with van der Waals surface area (Å²) >= 11 is 0. The van der Waals surface area contributed by atoms with Crippen LogP contribution in [-0.2, 0) is 11.2 Å². The summed E-state index contributed by atoms with van der Waals surface area (Å²) in [5.41, 5.74) is 1.35. The largest absolute Gasteiger partial charge is 0.299 e. The molecule has 1 nitrogen and oxygen atoms in total. The Labute approximate surface area is 148 Å². The van der Waals surface area contributed by atoms with Crippen LogP contribution in [0, 0.1) is 17.8 Å².